The highest BCUT2D eigenvalue weighted by molar-refractivity contribution is 7.18. The Bertz CT molecular complexity index is 448. The van der Waals surface area contributed by atoms with E-state index in [2.05, 4.69) is 10.6 Å². The van der Waals surface area contributed by atoms with Gasteiger partial charge in [0.1, 0.15) is 4.88 Å². The van der Waals surface area contributed by atoms with Crippen LogP contribution < -0.4 is 10.6 Å². The molecule has 0 radical (unpaired) electrons. The molecule has 2 amide bonds. The van der Waals surface area contributed by atoms with Crippen molar-refractivity contribution >= 4 is 28.3 Å². The minimum atomic E-state index is -0.467. The van der Waals surface area contributed by atoms with Gasteiger partial charge in [-0.05, 0) is 31.9 Å². The number of rotatable bonds is 6. The van der Waals surface area contributed by atoms with Gasteiger partial charge in [0, 0.05) is 6.54 Å². The highest BCUT2D eigenvalue weighted by atomic mass is 32.1. The van der Waals surface area contributed by atoms with Gasteiger partial charge in [0.2, 0.25) is 0 Å². The Morgan fingerprint density at radius 3 is 2.84 bits per heavy atom. The predicted octanol–water partition coefficient (Wildman–Crippen LogP) is 2.71. The van der Waals surface area contributed by atoms with E-state index >= 15 is 0 Å². The molecule has 106 valence electrons. The zero-order valence-corrected chi connectivity index (χ0v) is 11.7. The molecule has 1 aromatic rings. The summed E-state index contributed by atoms with van der Waals surface area (Å²) in [5.41, 5.74) is 0.752. The molecular formula is C12H17FN2O3S. The second-order valence-electron chi connectivity index (χ2n) is 3.77. The Kier molecular flexibility index (Phi) is 6.27. The van der Waals surface area contributed by atoms with Crippen molar-refractivity contribution in [2.45, 2.75) is 20.3 Å². The summed E-state index contributed by atoms with van der Waals surface area (Å²) in [5.74, 6) is -0.393. The molecule has 1 rings (SSSR count). The van der Waals surface area contributed by atoms with Crippen LogP contribution in [-0.4, -0.2) is 31.8 Å². The Balaban J connectivity index is 2.58. The lowest BCUT2D eigenvalue weighted by molar-refractivity contribution is 0.0531. The molecule has 1 heterocycles. The van der Waals surface area contributed by atoms with Gasteiger partial charge in [-0.3, -0.25) is 9.71 Å². The third-order valence-electron chi connectivity index (χ3n) is 2.21. The average Bonchev–Trinajstić information content (AvgIpc) is 2.71. The number of hydrogen-bond donors (Lipinski definition) is 2. The molecule has 0 spiro atoms. The molecule has 0 aliphatic carbocycles. The van der Waals surface area contributed by atoms with Crippen LogP contribution >= 0.6 is 11.3 Å². The summed E-state index contributed by atoms with van der Waals surface area (Å²) in [6, 6.07) is 1.29. The largest absolute Gasteiger partial charge is 0.462 e. The Hall–Kier alpha value is -1.63. The topological polar surface area (TPSA) is 67.4 Å². The molecule has 1 aromatic heterocycles. The number of hydrogen-bond acceptors (Lipinski definition) is 4. The van der Waals surface area contributed by atoms with E-state index in [0.717, 1.165) is 16.9 Å². The first-order valence-electron chi connectivity index (χ1n) is 5.96. The number of thiophene rings is 1. The third-order valence-corrected chi connectivity index (χ3v) is 3.34. The fourth-order valence-electron chi connectivity index (χ4n) is 1.37. The molecule has 0 unspecified atom stereocenters. The van der Waals surface area contributed by atoms with Crippen molar-refractivity contribution in [3.63, 3.8) is 0 Å². The van der Waals surface area contributed by atoms with Crippen molar-refractivity contribution < 1.29 is 18.7 Å². The fourth-order valence-corrected chi connectivity index (χ4v) is 2.33. The molecule has 0 bridgehead atoms. The number of carbonyl (C=O) groups excluding carboxylic acids is 2. The van der Waals surface area contributed by atoms with E-state index < -0.39 is 18.7 Å². The number of aryl methyl sites for hydroxylation is 1. The van der Waals surface area contributed by atoms with Crippen molar-refractivity contribution in [2.75, 3.05) is 25.1 Å². The lowest BCUT2D eigenvalue weighted by atomic mass is 10.3. The van der Waals surface area contributed by atoms with Crippen LogP contribution in [0.15, 0.2) is 6.07 Å². The van der Waals surface area contributed by atoms with Crippen molar-refractivity contribution in [1.82, 2.24) is 5.32 Å². The van der Waals surface area contributed by atoms with Gasteiger partial charge in [0.15, 0.2) is 0 Å². The molecular weight excluding hydrogens is 271 g/mol. The SMILES string of the molecule is CCOC(=O)c1sc(NC(=O)NCCCF)cc1C. The van der Waals surface area contributed by atoms with Gasteiger partial charge in [-0.1, -0.05) is 0 Å². The minimum Gasteiger partial charge on any atom is -0.462 e. The van der Waals surface area contributed by atoms with Crippen molar-refractivity contribution in [3.05, 3.63) is 16.5 Å². The van der Waals surface area contributed by atoms with Gasteiger partial charge in [-0.25, -0.2) is 9.59 Å². The standard InChI is InChI=1S/C12H17FN2O3S/c1-3-18-11(16)10-8(2)7-9(19-10)15-12(17)14-6-4-5-13/h7H,3-6H2,1-2H3,(H2,14,15,17). The number of ether oxygens (including phenoxy) is 1. The Morgan fingerprint density at radius 2 is 2.21 bits per heavy atom. The molecule has 0 saturated heterocycles. The lowest BCUT2D eigenvalue weighted by Gasteiger charge is -2.03. The summed E-state index contributed by atoms with van der Waals surface area (Å²) in [6.45, 7) is 3.62. The van der Waals surface area contributed by atoms with Crippen molar-refractivity contribution in [1.29, 1.82) is 0 Å². The summed E-state index contributed by atoms with van der Waals surface area (Å²) in [4.78, 5) is 23.5. The molecule has 0 atom stereocenters. The number of anilines is 1. The van der Waals surface area contributed by atoms with E-state index in [1.54, 1.807) is 19.9 Å². The van der Waals surface area contributed by atoms with Gasteiger partial charge < -0.3 is 10.1 Å². The molecule has 0 aliphatic rings. The average molecular weight is 288 g/mol. The van der Waals surface area contributed by atoms with Gasteiger partial charge >= 0.3 is 12.0 Å². The zero-order valence-electron chi connectivity index (χ0n) is 10.9. The maximum atomic E-state index is 11.9. The fraction of sp³-hybridized carbons (Fsp3) is 0.500. The lowest BCUT2D eigenvalue weighted by Crippen LogP contribution is -2.29. The maximum absolute atomic E-state index is 11.9. The van der Waals surface area contributed by atoms with Gasteiger partial charge in [0.25, 0.3) is 0 Å². The van der Waals surface area contributed by atoms with E-state index in [9.17, 15) is 14.0 Å². The zero-order chi connectivity index (χ0) is 14.3. The molecule has 0 saturated carbocycles. The number of halogens is 1. The highest BCUT2D eigenvalue weighted by Crippen LogP contribution is 2.27. The summed E-state index contributed by atoms with van der Waals surface area (Å²) >= 11 is 1.15. The van der Waals surface area contributed by atoms with Gasteiger partial charge in [-0.15, -0.1) is 11.3 Å². The molecule has 0 aromatic carbocycles. The highest BCUT2D eigenvalue weighted by Gasteiger charge is 2.15. The number of urea groups is 1. The third kappa shape index (κ3) is 4.86. The summed E-state index contributed by atoms with van der Waals surface area (Å²) in [7, 11) is 0. The second-order valence-corrected chi connectivity index (χ2v) is 4.82. The van der Waals surface area contributed by atoms with Crippen LogP contribution in [0, 0.1) is 6.92 Å². The number of nitrogens with one attached hydrogen (secondary N) is 2. The Morgan fingerprint density at radius 1 is 1.47 bits per heavy atom. The summed E-state index contributed by atoms with van der Waals surface area (Å²) in [5, 5.41) is 5.67. The number of esters is 1. The van der Waals surface area contributed by atoms with Crippen LogP contribution in [-0.2, 0) is 4.74 Å². The summed E-state index contributed by atoms with van der Waals surface area (Å²) < 4.78 is 16.8. The smallest absolute Gasteiger partial charge is 0.348 e. The minimum absolute atomic E-state index is 0.275. The van der Waals surface area contributed by atoms with Crippen LogP contribution in [0.4, 0.5) is 14.2 Å². The van der Waals surface area contributed by atoms with Crippen LogP contribution in [0.1, 0.15) is 28.6 Å². The second kappa shape index (κ2) is 7.73. The molecule has 0 aliphatic heterocycles. The van der Waals surface area contributed by atoms with E-state index in [1.165, 1.54) is 0 Å². The Labute approximate surface area is 115 Å². The van der Waals surface area contributed by atoms with Crippen molar-refractivity contribution in [2.24, 2.45) is 0 Å². The quantitative estimate of drug-likeness (QED) is 0.624. The number of carbonyl (C=O) groups is 2. The predicted molar refractivity (Wildman–Crippen MR) is 72.6 cm³/mol. The molecule has 19 heavy (non-hydrogen) atoms. The van der Waals surface area contributed by atoms with Crippen LogP contribution in [0.3, 0.4) is 0 Å². The van der Waals surface area contributed by atoms with Crippen LogP contribution in [0.25, 0.3) is 0 Å². The number of alkyl halides is 1. The van der Waals surface area contributed by atoms with Gasteiger partial charge in [-0.2, -0.15) is 0 Å². The maximum Gasteiger partial charge on any atom is 0.348 e. The van der Waals surface area contributed by atoms with Crippen LogP contribution in [0.5, 0.6) is 0 Å². The van der Waals surface area contributed by atoms with E-state index in [1.807, 2.05) is 0 Å². The first-order valence-corrected chi connectivity index (χ1v) is 6.78. The van der Waals surface area contributed by atoms with E-state index in [0.29, 0.717) is 16.5 Å². The van der Waals surface area contributed by atoms with Gasteiger partial charge in [0.05, 0.1) is 18.3 Å². The van der Waals surface area contributed by atoms with E-state index in [-0.39, 0.29) is 13.0 Å². The summed E-state index contributed by atoms with van der Waals surface area (Å²) in [6.07, 6.45) is 0.283. The molecule has 5 nitrogen and oxygen atoms in total. The normalized spacial score (nSPS) is 10.1. The van der Waals surface area contributed by atoms with Crippen molar-refractivity contribution in [3.8, 4) is 0 Å². The van der Waals surface area contributed by atoms with Crippen LogP contribution in [0.2, 0.25) is 0 Å². The first-order chi connectivity index (χ1) is 9.08. The molecule has 2 N–H and O–H groups in total. The first kappa shape index (κ1) is 15.4. The molecule has 0 fully saturated rings. The monoisotopic (exact) mass is 288 g/mol. The van der Waals surface area contributed by atoms with E-state index in [4.69, 9.17) is 4.74 Å². The number of amides is 2. The molecule has 7 heteroatoms.